The molecule has 2 heteroatoms. The second kappa shape index (κ2) is 5.72. The third-order valence-electron chi connectivity index (χ3n) is 3.67. The smallest absolute Gasteiger partial charge is 0.0101 e. The van der Waals surface area contributed by atoms with Crippen LogP contribution in [0.25, 0.3) is 0 Å². The van der Waals surface area contributed by atoms with Crippen molar-refractivity contribution in [3.63, 3.8) is 0 Å². The van der Waals surface area contributed by atoms with Gasteiger partial charge in [-0.25, -0.2) is 0 Å². The van der Waals surface area contributed by atoms with Gasteiger partial charge in [-0.05, 0) is 32.4 Å². The Labute approximate surface area is 89.1 Å². The highest BCUT2D eigenvalue weighted by molar-refractivity contribution is 4.82. The van der Waals surface area contributed by atoms with E-state index in [4.69, 9.17) is 0 Å². The van der Waals surface area contributed by atoms with Crippen molar-refractivity contribution in [2.45, 2.75) is 39.2 Å². The molecule has 1 N–H and O–H groups in total. The molecule has 1 aliphatic carbocycles. The molecule has 3 atom stereocenters. The molecule has 0 aliphatic heterocycles. The number of hydrogen-bond acceptors (Lipinski definition) is 2. The fraction of sp³-hybridized carbons (Fsp3) is 1.00. The average Bonchev–Trinajstić information content (AvgIpc) is 2.12. The average molecular weight is 198 g/mol. The van der Waals surface area contributed by atoms with Gasteiger partial charge in [0.2, 0.25) is 0 Å². The summed E-state index contributed by atoms with van der Waals surface area (Å²) < 4.78 is 0. The first-order chi connectivity index (χ1) is 6.61. The van der Waals surface area contributed by atoms with E-state index in [1.54, 1.807) is 0 Å². The summed E-state index contributed by atoms with van der Waals surface area (Å²) in [6.07, 6.45) is 4.21. The molecule has 0 heterocycles. The van der Waals surface area contributed by atoms with Crippen molar-refractivity contribution in [3.8, 4) is 0 Å². The number of likely N-dealkylation sites (N-methyl/N-ethyl adjacent to an activating group) is 1. The molecule has 2 nitrogen and oxygen atoms in total. The fourth-order valence-electron chi connectivity index (χ4n) is 2.34. The Hall–Kier alpha value is -0.0800. The quantitative estimate of drug-likeness (QED) is 0.743. The summed E-state index contributed by atoms with van der Waals surface area (Å²) in [7, 11) is 4.27. The molecular weight excluding hydrogens is 172 g/mol. The van der Waals surface area contributed by atoms with E-state index in [0.29, 0.717) is 0 Å². The second-order valence-corrected chi connectivity index (χ2v) is 5.13. The highest BCUT2D eigenvalue weighted by Gasteiger charge is 2.26. The summed E-state index contributed by atoms with van der Waals surface area (Å²) >= 11 is 0. The molecule has 0 saturated heterocycles. The van der Waals surface area contributed by atoms with Crippen molar-refractivity contribution in [2.75, 3.05) is 27.2 Å². The van der Waals surface area contributed by atoms with Crippen LogP contribution in [0.3, 0.4) is 0 Å². The van der Waals surface area contributed by atoms with Gasteiger partial charge in [-0.15, -0.1) is 0 Å². The Morgan fingerprint density at radius 3 is 2.57 bits per heavy atom. The van der Waals surface area contributed by atoms with Crippen LogP contribution in [0.5, 0.6) is 0 Å². The predicted molar refractivity (Wildman–Crippen MR) is 62.5 cm³/mol. The fourth-order valence-corrected chi connectivity index (χ4v) is 2.34. The molecule has 1 aliphatic rings. The summed E-state index contributed by atoms with van der Waals surface area (Å²) in [4.78, 5) is 2.24. The lowest BCUT2D eigenvalue weighted by molar-refractivity contribution is 0.203. The van der Waals surface area contributed by atoms with E-state index >= 15 is 0 Å². The van der Waals surface area contributed by atoms with Gasteiger partial charge < -0.3 is 10.2 Å². The van der Waals surface area contributed by atoms with Crippen LogP contribution in [-0.2, 0) is 0 Å². The molecule has 14 heavy (non-hydrogen) atoms. The molecule has 0 aromatic heterocycles. The lowest BCUT2D eigenvalue weighted by Crippen LogP contribution is -2.43. The van der Waals surface area contributed by atoms with Crippen LogP contribution in [0, 0.1) is 11.8 Å². The molecule has 0 radical (unpaired) electrons. The van der Waals surface area contributed by atoms with E-state index in [0.717, 1.165) is 31.0 Å². The second-order valence-electron chi connectivity index (χ2n) is 5.13. The highest BCUT2D eigenvalue weighted by Crippen LogP contribution is 2.29. The van der Waals surface area contributed by atoms with Gasteiger partial charge in [0.1, 0.15) is 0 Å². The van der Waals surface area contributed by atoms with Crippen LogP contribution < -0.4 is 5.32 Å². The van der Waals surface area contributed by atoms with E-state index in [1.807, 2.05) is 0 Å². The lowest BCUT2D eigenvalue weighted by Gasteiger charge is -2.35. The zero-order chi connectivity index (χ0) is 10.6. The van der Waals surface area contributed by atoms with Gasteiger partial charge in [0.05, 0.1) is 0 Å². The maximum atomic E-state index is 3.69. The van der Waals surface area contributed by atoms with Gasteiger partial charge in [-0.1, -0.05) is 26.7 Å². The molecule has 0 amide bonds. The van der Waals surface area contributed by atoms with Gasteiger partial charge in [0.25, 0.3) is 0 Å². The predicted octanol–water partition coefficient (Wildman–Crippen LogP) is 1.96. The zero-order valence-electron chi connectivity index (χ0n) is 10.2. The van der Waals surface area contributed by atoms with E-state index in [9.17, 15) is 0 Å². The van der Waals surface area contributed by atoms with Crippen molar-refractivity contribution in [2.24, 2.45) is 11.8 Å². The van der Waals surface area contributed by atoms with Crippen molar-refractivity contribution in [3.05, 3.63) is 0 Å². The maximum absolute atomic E-state index is 3.69. The van der Waals surface area contributed by atoms with E-state index in [2.05, 4.69) is 38.2 Å². The minimum atomic E-state index is 0.763. The Morgan fingerprint density at radius 2 is 1.93 bits per heavy atom. The third kappa shape index (κ3) is 3.58. The van der Waals surface area contributed by atoms with Gasteiger partial charge in [-0.2, -0.15) is 0 Å². The topological polar surface area (TPSA) is 15.3 Å². The van der Waals surface area contributed by atoms with E-state index < -0.39 is 0 Å². The van der Waals surface area contributed by atoms with Crippen LogP contribution in [0.4, 0.5) is 0 Å². The first kappa shape index (κ1) is 12.0. The van der Waals surface area contributed by atoms with E-state index in [1.165, 1.54) is 19.3 Å². The summed E-state index contributed by atoms with van der Waals surface area (Å²) in [5, 5.41) is 3.69. The normalized spacial score (nSPS) is 33.6. The summed E-state index contributed by atoms with van der Waals surface area (Å²) in [5.74, 6) is 1.76. The molecule has 0 bridgehead atoms. The molecule has 84 valence electrons. The van der Waals surface area contributed by atoms with Crippen LogP contribution in [0.2, 0.25) is 0 Å². The summed E-state index contributed by atoms with van der Waals surface area (Å²) in [6, 6.07) is 0.763. The molecule has 0 aromatic rings. The van der Waals surface area contributed by atoms with Gasteiger partial charge >= 0.3 is 0 Å². The van der Waals surface area contributed by atoms with Gasteiger partial charge in [0, 0.05) is 19.1 Å². The first-order valence-corrected chi connectivity index (χ1v) is 5.99. The highest BCUT2D eigenvalue weighted by atomic mass is 15.1. The largest absolute Gasteiger partial charge is 0.312 e. The van der Waals surface area contributed by atoms with Crippen LogP contribution in [0.1, 0.15) is 33.1 Å². The molecule has 1 saturated carbocycles. The van der Waals surface area contributed by atoms with E-state index in [-0.39, 0.29) is 0 Å². The van der Waals surface area contributed by atoms with Crippen molar-refractivity contribution < 1.29 is 0 Å². The summed E-state index contributed by atoms with van der Waals surface area (Å²) in [5.41, 5.74) is 0. The number of nitrogens with zero attached hydrogens (tertiary/aromatic N) is 1. The molecule has 0 spiro atoms. The molecule has 3 unspecified atom stereocenters. The van der Waals surface area contributed by atoms with Crippen LogP contribution >= 0.6 is 0 Å². The summed E-state index contributed by atoms with van der Waals surface area (Å²) in [6.45, 7) is 7.08. The maximum Gasteiger partial charge on any atom is 0.0101 e. The minimum Gasteiger partial charge on any atom is -0.312 e. The molecular formula is C12H26N2. The Bertz CT molecular complexity index is 156. The molecule has 1 fully saturated rings. The van der Waals surface area contributed by atoms with Crippen molar-refractivity contribution in [1.82, 2.24) is 10.2 Å². The number of nitrogens with one attached hydrogen (secondary N) is 1. The number of rotatable bonds is 4. The standard InChI is InChI=1S/C12H26N2/c1-10-6-5-7-12(11(10)2)13-8-9-14(3)4/h10-13H,5-9H2,1-4H3. The van der Waals surface area contributed by atoms with Crippen LogP contribution in [-0.4, -0.2) is 38.1 Å². The minimum absolute atomic E-state index is 0.763. The van der Waals surface area contributed by atoms with Gasteiger partial charge in [-0.3, -0.25) is 0 Å². The lowest BCUT2D eigenvalue weighted by atomic mass is 9.78. The SMILES string of the molecule is CC1CCCC(NCCN(C)C)C1C. The molecule has 0 aromatic carbocycles. The van der Waals surface area contributed by atoms with Gasteiger partial charge in [0.15, 0.2) is 0 Å². The van der Waals surface area contributed by atoms with Crippen LogP contribution in [0.15, 0.2) is 0 Å². The Kier molecular flexibility index (Phi) is 4.90. The Morgan fingerprint density at radius 1 is 1.21 bits per heavy atom. The monoisotopic (exact) mass is 198 g/mol. The zero-order valence-corrected chi connectivity index (χ0v) is 10.2. The van der Waals surface area contributed by atoms with Crippen molar-refractivity contribution >= 4 is 0 Å². The number of hydrogen-bond donors (Lipinski definition) is 1. The van der Waals surface area contributed by atoms with Crippen molar-refractivity contribution in [1.29, 1.82) is 0 Å². The first-order valence-electron chi connectivity index (χ1n) is 5.99. The molecule has 1 rings (SSSR count). The Balaban J connectivity index is 2.22. The third-order valence-corrected chi connectivity index (χ3v) is 3.67.